The highest BCUT2D eigenvalue weighted by atomic mass is 16.2. The van der Waals surface area contributed by atoms with Gasteiger partial charge in [-0.2, -0.15) is 0 Å². The van der Waals surface area contributed by atoms with Crippen molar-refractivity contribution in [3.8, 4) is 0 Å². The number of nitrogens with zero attached hydrogens (tertiary/aromatic N) is 2. The van der Waals surface area contributed by atoms with Gasteiger partial charge in [-0.15, -0.1) is 0 Å². The number of likely N-dealkylation sites (N-methyl/N-ethyl adjacent to an activating group) is 1. The van der Waals surface area contributed by atoms with Gasteiger partial charge >= 0.3 is 6.03 Å². The molecule has 1 aliphatic rings. The first-order valence-corrected chi connectivity index (χ1v) is 10.5. The van der Waals surface area contributed by atoms with Crippen molar-refractivity contribution in [3.05, 3.63) is 54.1 Å². The molecule has 0 radical (unpaired) electrons. The molecule has 7 nitrogen and oxygen atoms in total. The van der Waals surface area contributed by atoms with E-state index >= 15 is 0 Å². The number of rotatable bonds is 7. The molecule has 1 atom stereocenters. The average molecular weight is 410 g/mol. The fourth-order valence-electron chi connectivity index (χ4n) is 3.66. The number of primary amides is 1. The predicted molar refractivity (Wildman–Crippen MR) is 122 cm³/mol. The van der Waals surface area contributed by atoms with Crippen molar-refractivity contribution in [2.24, 2.45) is 5.73 Å². The van der Waals surface area contributed by atoms with Gasteiger partial charge < -0.3 is 26.2 Å². The third-order valence-corrected chi connectivity index (χ3v) is 5.61. The van der Waals surface area contributed by atoms with Crippen LogP contribution in [0.2, 0.25) is 0 Å². The summed E-state index contributed by atoms with van der Waals surface area (Å²) >= 11 is 0. The summed E-state index contributed by atoms with van der Waals surface area (Å²) in [6.45, 7) is 4.40. The van der Waals surface area contributed by atoms with Crippen molar-refractivity contribution in [2.45, 2.75) is 32.2 Å². The van der Waals surface area contributed by atoms with E-state index in [1.165, 1.54) is 6.42 Å². The van der Waals surface area contributed by atoms with E-state index in [0.29, 0.717) is 17.8 Å². The van der Waals surface area contributed by atoms with Crippen molar-refractivity contribution >= 4 is 29.0 Å². The molecule has 1 fully saturated rings. The maximum absolute atomic E-state index is 12.6. The zero-order valence-electron chi connectivity index (χ0n) is 17.7. The van der Waals surface area contributed by atoms with Crippen molar-refractivity contribution in [1.82, 2.24) is 5.32 Å². The lowest BCUT2D eigenvalue weighted by Gasteiger charge is -2.31. The second-order valence-electron chi connectivity index (χ2n) is 7.77. The van der Waals surface area contributed by atoms with Crippen molar-refractivity contribution < 1.29 is 9.59 Å². The fraction of sp³-hybridized carbons (Fsp3) is 0.391. The molecule has 30 heavy (non-hydrogen) atoms. The molecule has 0 aliphatic carbocycles. The molecule has 1 unspecified atom stereocenters. The van der Waals surface area contributed by atoms with Crippen molar-refractivity contribution in [2.75, 3.05) is 41.8 Å². The molecule has 2 aromatic carbocycles. The van der Waals surface area contributed by atoms with Crippen LogP contribution in [-0.2, 0) is 0 Å². The molecule has 2 aromatic rings. The van der Waals surface area contributed by atoms with Crippen LogP contribution in [0, 0.1) is 0 Å². The summed E-state index contributed by atoms with van der Waals surface area (Å²) in [6, 6.07) is 15.1. The minimum absolute atomic E-state index is 0.108. The van der Waals surface area contributed by atoms with Gasteiger partial charge in [-0.25, -0.2) is 4.79 Å². The Balaban J connectivity index is 1.66. The molecule has 3 rings (SSSR count). The first kappa shape index (κ1) is 21.5. The van der Waals surface area contributed by atoms with Crippen LogP contribution in [0.15, 0.2) is 48.5 Å². The smallest absolute Gasteiger partial charge is 0.319 e. The maximum atomic E-state index is 12.6. The van der Waals surface area contributed by atoms with Crippen molar-refractivity contribution in [1.29, 1.82) is 0 Å². The molecule has 0 saturated carbocycles. The van der Waals surface area contributed by atoms with Gasteiger partial charge in [0.1, 0.15) is 0 Å². The van der Waals surface area contributed by atoms with Gasteiger partial charge in [-0.3, -0.25) is 4.79 Å². The van der Waals surface area contributed by atoms with Crippen LogP contribution < -0.4 is 26.2 Å². The van der Waals surface area contributed by atoms with Crippen LogP contribution in [-0.4, -0.2) is 44.7 Å². The number of anilines is 3. The minimum atomic E-state index is -0.512. The zero-order chi connectivity index (χ0) is 21.5. The molecule has 1 aliphatic heterocycles. The van der Waals surface area contributed by atoms with E-state index in [0.717, 1.165) is 37.3 Å². The molecular formula is C23H31N5O2. The van der Waals surface area contributed by atoms with E-state index < -0.39 is 5.91 Å². The van der Waals surface area contributed by atoms with Gasteiger partial charge in [0, 0.05) is 44.0 Å². The number of hydrogen-bond donors (Lipinski definition) is 3. The summed E-state index contributed by atoms with van der Waals surface area (Å²) in [5.74, 6) is -0.512. The van der Waals surface area contributed by atoms with Crippen LogP contribution in [0.1, 0.15) is 36.5 Å². The highest BCUT2D eigenvalue weighted by Gasteiger charge is 2.18. The third kappa shape index (κ3) is 5.43. The Hall–Kier alpha value is -3.22. The molecule has 7 heteroatoms. The normalized spacial score (nSPS) is 14.7. The quantitative estimate of drug-likeness (QED) is 0.653. The minimum Gasteiger partial charge on any atom is -0.370 e. The summed E-state index contributed by atoms with van der Waals surface area (Å²) in [5, 5.41) is 5.85. The lowest BCUT2D eigenvalue weighted by atomic mass is 10.1. The number of piperidine rings is 1. The summed E-state index contributed by atoms with van der Waals surface area (Å²) in [7, 11) is 2.00. The molecule has 160 valence electrons. The Morgan fingerprint density at radius 3 is 2.47 bits per heavy atom. The van der Waals surface area contributed by atoms with Gasteiger partial charge in [0.15, 0.2) is 0 Å². The van der Waals surface area contributed by atoms with Gasteiger partial charge in [0.2, 0.25) is 5.91 Å². The number of amides is 3. The Labute approximate surface area is 178 Å². The summed E-state index contributed by atoms with van der Waals surface area (Å²) in [4.78, 5) is 28.6. The molecule has 1 saturated heterocycles. The Morgan fingerprint density at radius 1 is 1.10 bits per heavy atom. The van der Waals surface area contributed by atoms with E-state index in [1.807, 2.05) is 43.4 Å². The number of carbonyl (C=O) groups is 2. The second-order valence-corrected chi connectivity index (χ2v) is 7.77. The largest absolute Gasteiger partial charge is 0.370 e. The third-order valence-electron chi connectivity index (χ3n) is 5.61. The lowest BCUT2D eigenvalue weighted by Crippen LogP contribution is -2.42. The number of nitrogens with one attached hydrogen (secondary N) is 2. The molecule has 4 N–H and O–H groups in total. The van der Waals surface area contributed by atoms with Gasteiger partial charge in [0.05, 0.1) is 11.4 Å². The Kier molecular flexibility index (Phi) is 7.17. The van der Waals surface area contributed by atoms with Crippen LogP contribution in [0.4, 0.5) is 21.9 Å². The monoisotopic (exact) mass is 409 g/mol. The molecule has 0 aromatic heterocycles. The highest BCUT2D eigenvalue weighted by Crippen LogP contribution is 2.29. The molecule has 0 bridgehead atoms. The van der Waals surface area contributed by atoms with Crippen molar-refractivity contribution in [3.63, 3.8) is 0 Å². The summed E-state index contributed by atoms with van der Waals surface area (Å²) in [6.07, 6.45) is 3.45. The van der Waals surface area contributed by atoms with E-state index in [4.69, 9.17) is 5.73 Å². The molecule has 1 heterocycles. The highest BCUT2D eigenvalue weighted by molar-refractivity contribution is 5.98. The Bertz CT molecular complexity index is 865. The summed E-state index contributed by atoms with van der Waals surface area (Å²) in [5.41, 5.74) is 8.44. The first-order valence-electron chi connectivity index (χ1n) is 10.5. The van der Waals surface area contributed by atoms with E-state index in [-0.39, 0.29) is 12.1 Å². The van der Waals surface area contributed by atoms with Gasteiger partial charge in [-0.05, 0) is 56.5 Å². The standard InChI is InChI=1S/C23H31N5O2/c1-17(27(2)19-9-5-3-6-10-19)16-25-23(30)26-20-15-18(22(24)29)11-12-21(20)28-13-7-4-8-14-28/h3,5-6,9-12,15,17H,4,7-8,13-14,16H2,1-2H3,(H2,24,29)(H2,25,26,30). The van der Waals surface area contributed by atoms with E-state index in [2.05, 4.69) is 27.4 Å². The predicted octanol–water partition coefficient (Wildman–Crippen LogP) is 3.42. The Morgan fingerprint density at radius 2 is 1.80 bits per heavy atom. The van der Waals surface area contributed by atoms with E-state index in [9.17, 15) is 9.59 Å². The van der Waals surface area contributed by atoms with Crippen LogP contribution >= 0.6 is 0 Å². The van der Waals surface area contributed by atoms with Gasteiger partial charge in [0.25, 0.3) is 0 Å². The lowest BCUT2D eigenvalue weighted by molar-refractivity contribution is 0.100. The maximum Gasteiger partial charge on any atom is 0.319 e. The number of carbonyl (C=O) groups excluding carboxylic acids is 2. The average Bonchev–Trinajstić information content (AvgIpc) is 2.78. The summed E-state index contributed by atoms with van der Waals surface area (Å²) < 4.78 is 0. The zero-order valence-corrected chi connectivity index (χ0v) is 17.7. The molecule has 3 amide bonds. The van der Waals surface area contributed by atoms with Crippen LogP contribution in [0.5, 0.6) is 0 Å². The van der Waals surface area contributed by atoms with Crippen LogP contribution in [0.3, 0.4) is 0 Å². The molecular weight excluding hydrogens is 378 g/mol. The number of para-hydroxylation sites is 1. The SMILES string of the molecule is CC(CNC(=O)Nc1cc(C(N)=O)ccc1N1CCCCC1)N(C)c1ccccc1. The van der Waals surface area contributed by atoms with Gasteiger partial charge in [-0.1, -0.05) is 18.2 Å². The first-order chi connectivity index (χ1) is 14.5. The second kappa shape index (κ2) is 10.0. The number of nitrogens with two attached hydrogens (primary N) is 1. The van der Waals surface area contributed by atoms with Crippen LogP contribution in [0.25, 0.3) is 0 Å². The number of hydrogen-bond acceptors (Lipinski definition) is 4. The molecule has 0 spiro atoms. The fourth-order valence-corrected chi connectivity index (χ4v) is 3.66. The van der Waals surface area contributed by atoms with E-state index in [1.54, 1.807) is 12.1 Å². The number of urea groups is 1. The topological polar surface area (TPSA) is 90.7 Å². The number of benzene rings is 2.